The van der Waals surface area contributed by atoms with Crippen molar-refractivity contribution < 1.29 is 9.53 Å². The Morgan fingerprint density at radius 3 is 2.96 bits per heavy atom. The van der Waals surface area contributed by atoms with Gasteiger partial charge >= 0.3 is 0 Å². The third-order valence-electron chi connectivity index (χ3n) is 3.90. The first-order valence-corrected chi connectivity index (χ1v) is 8.79. The molecular weight excluding hydrogens is 328 g/mol. The molecule has 134 valence electrons. The minimum Gasteiger partial charge on any atom is -0.367 e. The molecule has 24 heavy (non-hydrogen) atoms. The predicted octanol–water partition coefficient (Wildman–Crippen LogP) is 2.67. The predicted molar refractivity (Wildman–Crippen MR) is 95.3 cm³/mol. The number of nitrogens with zero attached hydrogens (tertiary/aromatic N) is 3. The van der Waals surface area contributed by atoms with Crippen molar-refractivity contribution in [3.05, 3.63) is 17.5 Å². The molecule has 2 heterocycles. The molecule has 2 rings (SSSR count). The highest BCUT2D eigenvalue weighted by Gasteiger charge is 2.34. The summed E-state index contributed by atoms with van der Waals surface area (Å²) in [5.41, 5.74) is -0.347. The largest absolute Gasteiger partial charge is 0.367 e. The maximum atomic E-state index is 11.9. The summed E-state index contributed by atoms with van der Waals surface area (Å²) in [7, 11) is 0. The van der Waals surface area contributed by atoms with Crippen molar-refractivity contribution in [1.82, 2.24) is 15.3 Å². The van der Waals surface area contributed by atoms with Crippen LogP contribution in [0.5, 0.6) is 0 Å². The number of ether oxygens (including phenoxy) is 1. The molecule has 0 aromatic carbocycles. The third-order valence-corrected chi connectivity index (χ3v) is 4.17. The molecule has 1 aliphatic heterocycles. The number of anilines is 1. The number of hydrogen-bond acceptors (Lipinski definition) is 5. The molecule has 0 bridgehead atoms. The lowest BCUT2D eigenvalue weighted by molar-refractivity contribution is -0.124. The molecule has 0 spiro atoms. The zero-order valence-corrected chi connectivity index (χ0v) is 15.6. The highest BCUT2D eigenvalue weighted by molar-refractivity contribution is 6.32. The van der Waals surface area contributed by atoms with E-state index in [1.165, 1.54) is 6.33 Å². The van der Waals surface area contributed by atoms with Crippen LogP contribution in [0.25, 0.3) is 0 Å². The van der Waals surface area contributed by atoms with Crippen molar-refractivity contribution in [2.75, 3.05) is 24.5 Å². The molecule has 1 amide bonds. The summed E-state index contributed by atoms with van der Waals surface area (Å²) in [6, 6.07) is 0. The Bertz CT molecular complexity index is 565. The van der Waals surface area contributed by atoms with Crippen molar-refractivity contribution in [1.29, 1.82) is 0 Å². The zero-order chi connectivity index (χ0) is 17.7. The van der Waals surface area contributed by atoms with Crippen LogP contribution in [0.2, 0.25) is 5.02 Å². The van der Waals surface area contributed by atoms with Gasteiger partial charge < -0.3 is 15.0 Å². The van der Waals surface area contributed by atoms with Crippen molar-refractivity contribution in [3.8, 4) is 0 Å². The second-order valence-corrected chi connectivity index (χ2v) is 7.72. The van der Waals surface area contributed by atoms with Gasteiger partial charge in [-0.05, 0) is 26.2 Å². The van der Waals surface area contributed by atoms with Gasteiger partial charge in [-0.15, -0.1) is 0 Å². The Labute approximate surface area is 148 Å². The van der Waals surface area contributed by atoms with E-state index in [4.69, 9.17) is 16.3 Å². The zero-order valence-electron chi connectivity index (χ0n) is 14.9. The summed E-state index contributed by atoms with van der Waals surface area (Å²) in [4.78, 5) is 22.2. The summed E-state index contributed by atoms with van der Waals surface area (Å²) in [5, 5.41) is 3.50. The maximum Gasteiger partial charge on any atom is 0.220 e. The molecule has 1 N–H and O–H groups in total. The number of nitrogens with one attached hydrogen (secondary N) is 1. The van der Waals surface area contributed by atoms with Crippen LogP contribution in [0.3, 0.4) is 0 Å². The van der Waals surface area contributed by atoms with Crippen LogP contribution in [0, 0.1) is 5.92 Å². The molecule has 0 radical (unpaired) electrons. The van der Waals surface area contributed by atoms with Crippen LogP contribution in [0.15, 0.2) is 12.5 Å². The summed E-state index contributed by atoms with van der Waals surface area (Å²) in [6.45, 7) is 10.1. The van der Waals surface area contributed by atoms with Gasteiger partial charge in [0, 0.05) is 26.1 Å². The molecule has 1 aromatic heterocycles. The SMILES string of the molecule is CC(C)CCC(=O)NCC1CN(c2ncncc2Cl)CC(C)(C)O1. The number of morpholine rings is 1. The highest BCUT2D eigenvalue weighted by Crippen LogP contribution is 2.28. The average Bonchev–Trinajstić information content (AvgIpc) is 2.50. The first kappa shape index (κ1) is 18.9. The number of carbonyl (C=O) groups excluding carboxylic acids is 1. The lowest BCUT2D eigenvalue weighted by atomic mass is 10.0. The topological polar surface area (TPSA) is 67.4 Å². The second-order valence-electron chi connectivity index (χ2n) is 7.31. The molecular formula is C17H27ClN4O2. The van der Waals surface area contributed by atoms with Gasteiger partial charge in [0.2, 0.25) is 5.91 Å². The van der Waals surface area contributed by atoms with Crippen LogP contribution in [0.1, 0.15) is 40.5 Å². The van der Waals surface area contributed by atoms with E-state index in [9.17, 15) is 4.79 Å². The molecule has 0 saturated carbocycles. The maximum absolute atomic E-state index is 11.9. The van der Waals surface area contributed by atoms with Gasteiger partial charge in [0.05, 0.1) is 17.9 Å². The molecule has 1 saturated heterocycles. The van der Waals surface area contributed by atoms with E-state index in [0.717, 1.165) is 6.42 Å². The molecule has 1 fully saturated rings. The van der Waals surface area contributed by atoms with E-state index < -0.39 is 0 Å². The number of carbonyl (C=O) groups is 1. The average molecular weight is 355 g/mol. The second kappa shape index (κ2) is 8.12. The lowest BCUT2D eigenvalue weighted by Gasteiger charge is -2.43. The fourth-order valence-corrected chi connectivity index (χ4v) is 3.06. The molecule has 0 aliphatic carbocycles. The van der Waals surface area contributed by atoms with E-state index in [-0.39, 0.29) is 17.6 Å². The summed E-state index contributed by atoms with van der Waals surface area (Å²) in [5.74, 6) is 1.30. The van der Waals surface area contributed by atoms with E-state index >= 15 is 0 Å². The molecule has 1 aromatic rings. The van der Waals surface area contributed by atoms with Gasteiger partial charge in [0.15, 0.2) is 5.82 Å². The minimum absolute atomic E-state index is 0.0716. The van der Waals surface area contributed by atoms with Crippen LogP contribution >= 0.6 is 11.6 Å². The molecule has 1 unspecified atom stereocenters. The van der Waals surface area contributed by atoms with Gasteiger partial charge in [-0.2, -0.15) is 0 Å². The van der Waals surface area contributed by atoms with Crippen molar-refractivity contribution in [2.24, 2.45) is 5.92 Å². The summed E-state index contributed by atoms with van der Waals surface area (Å²) in [6.07, 6.45) is 4.42. The summed E-state index contributed by atoms with van der Waals surface area (Å²) < 4.78 is 6.10. The number of halogens is 1. The van der Waals surface area contributed by atoms with Crippen LogP contribution in [0.4, 0.5) is 5.82 Å². The van der Waals surface area contributed by atoms with Crippen molar-refractivity contribution >= 4 is 23.3 Å². The fourth-order valence-electron chi connectivity index (χ4n) is 2.84. The summed E-state index contributed by atoms with van der Waals surface area (Å²) >= 11 is 6.22. The molecule has 6 nitrogen and oxygen atoms in total. The third kappa shape index (κ3) is 5.60. The van der Waals surface area contributed by atoms with Gasteiger partial charge in [-0.3, -0.25) is 4.79 Å². The number of aromatic nitrogens is 2. The Balaban J connectivity index is 1.96. The highest BCUT2D eigenvalue weighted by atomic mass is 35.5. The first-order chi connectivity index (χ1) is 11.3. The Kier molecular flexibility index (Phi) is 6.40. The lowest BCUT2D eigenvalue weighted by Crippen LogP contribution is -2.56. The molecule has 1 atom stereocenters. The monoisotopic (exact) mass is 354 g/mol. The van der Waals surface area contributed by atoms with E-state index in [0.29, 0.717) is 42.8 Å². The number of hydrogen-bond donors (Lipinski definition) is 1. The van der Waals surface area contributed by atoms with E-state index in [2.05, 4.69) is 34.0 Å². The van der Waals surface area contributed by atoms with Crippen LogP contribution in [-0.4, -0.2) is 47.2 Å². The molecule has 7 heteroatoms. The van der Waals surface area contributed by atoms with Gasteiger partial charge in [-0.25, -0.2) is 9.97 Å². The van der Waals surface area contributed by atoms with Gasteiger partial charge in [0.25, 0.3) is 0 Å². The fraction of sp³-hybridized carbons (Fsp3) is 0.706. The van der Waals surface area contributed by atoms with Gasteiger partial charge in [0.1, 0.15) is 11.3 Å². The number of amides is 1. The normalized spacial score (nSPS) is 20.2. The first-order valence-electron chi connectivity index (χ1n) is 8.42. The smallest absolute Gasteiger partial charge is 0.220 e. The van der Waals surface area contributed by atoms with Crippen LogP contribution < -0.4 is 10.2 Å². The number of rotatable bonds is 6. The minimum atomic E-state index is -0.347. The standard InChI is InChI=1S/C17H27ClN4O2/c1-12(2)5-6-15(23)20-7-13-9-22(10-17(3,4)24-13)16-14(18)8-19-11-21-16/h8,11-13H,5-7,9-10H2,1-4H3,(H,20,23). The van der Waals surface area contributed by atoms with E-state index in [1.807, 2.05) is 13.8 Å². The van der Waals surface area contributed by atoms with Crippen molar-refractivity contribution in [2.45, 2.75) is 52.2 Å². The Morgan fingerprint density at radius 1 is 1.54 bits per heavy atom. The Morgan fingerprint density at radius 2 is 2.29 bits per heavy atom. The van der Waals surface area contributed by atoms with E-state index in [1.54, 1.807) is 6.20 Å². The quantitative estimate of drug-likeness (QED) is 0.850. The molecule has 1 aliphatic rings. The van der Waals surface area contributed by atoms with Crippen molar-refractivity contribution in [3.63, 3.8) is 0 Å². The Hall–Kier alpha value is -1.40. The van der Waals surface area contributed by atoms with Gasteiger partial charge in [-0.1, -0.05) is 25.4 Å². The van der Waals surface area contributed by atoms with Crippen LogP contribution in [-0.2, 0) is 9.53 Å².